The van der Waals surface area contributed by atoms with Crippen LogP contribution < -0.4 is 5.32 Å². The molecule has 2 aromatic heterocycles. The SMILES string of the molecule is CNC(c1cc(Cl)c(Br)s1)c1ccoc1Br. The normalized spacial score (nSPS) is 13.0. The Labute approximate surface area is 119 Å². The standard InChI is InChI=1S/C10H8Br2ClNOS/c1-14-8(5-2-3-15-9(5)11)7-4-6(13)10(12)16-7/h2-4,8,14H,1H3. The number of rotatable bonds is 3. The van der Waals surface area contributed by atoms with E-state index in [1.807, 2.05) is 19.2 Å². The summed E-state index contributed by atoms with van der Waals surface area (Å²) in [6.07, 6.45) is 1.66. The fourth-order valence-electron chi connectivity index (χ4n) is 1.47. The first-order chi connectivity index (χ1) is 7.63. The van der Waals surface area contributed by atoms with E-state index in [9.17, 15) is 0 Å². The number of nitrogens with one attached hydrogen (secondary N) is 1. The lowest BCUT2D eigenvalue weighted by atomic mass is 10.1. The lowest BCUT2D eigenvalue weighted by Crippen LogP contribution is -2.16. The van der Waals surface area contributed by atoms with Crippen LogP contribution in [0, 0.1) is 0 Å². The number of hydrogen-bond acceptors (Lipinski definition) is 3. The average molecular weight is 386 g/mol. The van der Waals surface area contributed by atoms with Gasteiger partial charge in [0.05, 0.1) is 21.1 Å². The van der Waals surface area contributed by atoms with Crippen LogP contribution in [0.1, 0.15) is 16.5 Å². The molecule has 0 saturated carbocycles. The summed E-state index contributed by atoms with van der Waals surface area (Å²) in [5, 5.41) is 3.98. The van der Waals surface area contributed by atoms with E-state index < -0.39 is 0 Å². The van der Waals surface area contributed by atoms with Gasteiger partial charge in [-0.25, -0.2) is 0 Å². The molecule has 0 aliphatic heterocycles. The van der Waals surface area contributed by atoms with Crippen LogP contribution in [0.5, 0.6) is 0 Å². The molecule has 86 valence electrons. The molecule has 0 aliphatic carbocycles. The van der Waals surface area contributed by atoms with Crippen molar-refractivity contribution in [3.63, 3.8) is 0 Å². The predicted molar refractivity (Wildman–Crippen MR) is 74.3 cm³/mol. The van der Waals surface area contributed by atoms with E-state index in [1.54, 1.807) is 17.6 Å². The van der Waals surface area contributed by atoms with Gasteiger partial charge in [0.2, 0.25) is 0 Å². The van der Waals surface area contributed by atoms with Crippen LogP contribution in [0.3, 0.4) is 0 Å². The van der Waals surface area contributed by atoms with Gasteiger partial charge in [-0.15, -0.1) is 11.3 Å². The highest BCUT2D eigenvalue weighted by Crippen LogP contribution is 2.39. The predicted octanol–water partition coefficient (Wildman–Crippen LogP) is 4.83. The molecule has 0 fully saturated rings. The van der Waals surface area contributed by atoms with Crippen LogP contribution >= 0.6 is 54.8 Å². The summed E-state index contributed by atoms with van der Waals surface area (Å²) in [5.74, 6) is 0. The van der Waals surface area contributed by atoms with E-state index in [1.165, 1.54) is 0 Å². The van der Waals surface area contributed by atoms with Crippen molar-refractivity contribution in [3.05, 3.63) is 42.3 Å². The van der Waals surface area contributed by atoms with E-state index >= 15 is 0 Å². The topological polar surface area (TPSA) is 25.2 Å². The minimum absolute atomic E-state index is 0.0851. The molecule has 2 nitrogen and oxygen atoms in total. The molecule has 0 aliphatic rings. The molecule has 1 N–H and O–H groups in total. The van der Waals surface area contributed by atoms with Crippen molar-refractivity contribution in [2.45, 2.75) is 6.04 Å². The van der Waals surface area contributed by atoms with Crippen molar-refractivity contribution >= 4 is 54.8 Å². The highest BCUT2D eigenvalue weighted by molar-refractivity contribution is 9.11. The van der Waals surface area contributed by atoms with Crippen LogP contribution in [-0.2, 0) is 0 Å². The van der Waals surface area contributed by atoms with Crippen LogP contribution in [0.25, 0.3) is 0 Å². The summed E-state index contributed by atoms with van der Waals surface area (Å²) in [6, 6.07) is 3.98. The minimum atomic E-state index is 0.0851. The van der Waals surface area contributed by atoms with E-state index in [-0.39, 0.29) is 6.04 Å². The molecular weight excluding hydrogens is 377 g/mol. The van der Waals surface area contributed by atoms with E-state index in [0.717, 1.165) is 23.9 Å². The molecule has 0 radical (unpaired) electrons. The third-order valence-electron chi connectivity index (χ3n) is 2.19. The van der Waals surface area contributed by atoms with Crippen LogP contribution in [0.2, 0.25) is 5.02 Å². The smallest absolute Gasteiger partial charge is 0.174 e. The summed E-state index contributed by atoms with van der Waals surface area (Å²) in [7, 11) is 1.91. The maximum absolute atomic E-state index is 6.03. The van der Waals surface area contributed by atoms with Crippen molar-refractivity contribution in [2.24, 2.45) is 0 Å². The van der Waals surface area contributed by atoms with Crippen LogP contribution in [-0.4, -0.2) is 7.05 Å². The second-order valence-corrected chi connectivity index (χ2v) is 6.67. The summed E-state index contributed by atoms with van der Waals surface area (Å²) >= 11 is 14.4. The molecular formula is C10H8Br2ClNOS. The monoisotopic (exact) mass is 383 g/mol. The zero-order valence-corrected chi connectivity index (χ0v) is 13.0. The van der Waals surface area contributed by atoms with Gasteiger partial charge in [-0.3, -0.25) is 0 Å². The van der Waals surface area contributed by atoms with Crippen molar-refractivity contribution in [1.82, 2.24) is 5.32 Å². The Hall–Kier alpha value is 0.190. The van der Waals surface area contributed by atoms with Gasteiger partial charge in [0.1, 0.15) is 0 Å². The summed E-state index contributed by atoms with van der Waals surface area (Å²) in [4.78, 5) is 1.14. The second-order valence-electron chi connectivity index (χ2n) is 3.14. The molecule has 16 heavy (non-hydrogen) atoms. The van der Waals surface area contributed by atoms with Gasteiger partial charge in [0, 0.05) is 10.4 Å². The lowest BCUT2D eigenvalue weighted by Gasteiger charge is -2.12. The van der Waals surface area contributed by atoms with Gasteiger partial charge in [0.25, 0.3) is 0 Å². The Balaban J connectivity index is 2.40. The fourth-order valence-corrected chi connectivity index (χ4v) is 3.81. The maximum Gasteiger partial charge on any atom is 0.174 e. The number of halogens is 3. The molecule has 0 spiro atoms. The molecule has 0 saturated heterocycles. The Kier molecular flexibility index (Phi) is 4.13. The van der Waals surface area contributed by atoms with Crippen molar-refractivity contribution in [2.75, 3.05) is 7.05 Å². The third kappa shape index (κ3) is 2.38. The van der Waals surface area contributed by atoms with Gasteiger partial charge in [-0.05, 0) is 51.0 Å². The molecule has 2 rings (SSSR count). The molecule has 1 atom stereocenters. The summed E-state index contributed by atoms with van der Waals surface area (Å²) in [6.45, 7) is 0. The first-order valence-electron chi connectivity index (χ1n) is 4.48. The first-order valence-corrected chi connectivity index (χ1v) is 7.26. The Morgan fingerprint density at radius 3 is 2.69 bits per heavy atom. The number of hydrogen-bond donors (Lipinski definition) is 1. The van der Waals surface area contributed by atoms with Crippen molar-refractivity contribution < 1.29 is 4.42 Å². The van der Waals surface area contributed by atoms with Gasteiger partial charge in [-0.1, -0.05) is 11.6 Å². The number of furan rings is 1. The van der Waals surface area contributed by atoms with E-state index in [0.29, 0.717) is 0 Å². The molecule has 0 bridgehead atoms. The summed E-state index contributed by atoms with van der Waals surface area (Å²) in [5.41, 5.74) is 1.06. The molecule has 6 heteroatoms. The summed E-state index contributed by atoms with van der Waals surface area (Å²) < 4.78 is 6.93. The Morgan fingerprint density at radius 1 is 1.50 bits per heavy atom. The Bertz CT molecular complexity index is 477. The lowest BCUT2D eigenvalue weighted by molar-refractivity contribution is 0.531. The zero-order valence-electron chi connectivity index (χ0n) is 8.26. The fraction of sp³-hybridized carbons (Fsp3) is 0.200. The zero-order chi connectivity index (χ0) is 11.7. The quantitative estimate of drug-likeness (QED) is 0.819. The van der Waals surface area contributed by atoms with Crippen molar-refractivity contribution in [1.29, 1.82) is 0 Å². The van der Waals surface area contributed by atoms with Gasteiger partial charge >= 0.3 is 0 Å². The molecule has 2 heterocycles. The number of thiophene rings is 1. The van der Waals surface area contributed by atoms with Crippen molar-refractivity contribution in [3.8, 4) is 0 Å². The van der Waals surface area contributed by atoms with E-state index in [4.69, 9.17) is 16.0 Å². The average Bonchev–Trinajstić information content (AvgIpc) is 2.78. The largest absolute Gasteiger partial charge is 0.457 e. The maximum atomic E-state index is 6.03. The van der Waals surface area contributed by atoms with Crippen LogP contribution in [0.4, 0.5) is 0 Å². The van der Waals surface area contributed by atoms with Gasteiger partial charge < -0.3 is 9.73 Å². The molecule has 0 aromatic carbocycles. The molecule has 1 unspecified atom stereocenters. The highest BCUT2D eigenvalue weighted by Gasteiger charge is 2.20. The highest BCUT2D eigenvalue weighted by atomic mass is 79.9. The van der Waals surface area contributed by atoms with E-state index in [2.05, 4.69) is 37.2 Å². The van der Waals surface area contributed by atoms with Gasteiger partial charge in [0.15, 0.2) is 4.67 Å². The van der Waals surface area contributed by atoms with Crippen LogP contribution in [0.15, 0.2) is 31.3 Å². The second kappa shape index (κ2) is 5.23. The Morgan fingerprint density at radius 2 is 2.25 bits per heavy atom. The first kappa shape index (κ1) is 12.6. The molecule has 0 amide bonds. The van der Waals surface area contributed by atoms with Gasteiger partial charge in [-0.2, -0.15) is 0 Å². The third-order valence-corrected chi connectivity index (χ3v) is 5.38. The molecule has 2 aromatic rings. The minimum Gasteiger partial charge on any atom is -0.457 e.